The lowest BCUT2D eigenvalue weighted by atomic mass is 10.00. The Morgan fingerprint density at radius 3 is 2.93 bits per heavy atom. The van der Waals surface area contributed by atoms with Gasteiger partial charge < -0.3 is 20.9 Å². The minimum Gasteiger partial charge on any atom is -0.333 e. The summed E-state index contributed by atoms with van der Waals surface area (Å²) < 4.78 is 0. The van der Waals surface area contributed by atoms with Gasteiger partial charge in [-0.15, -0.1) is 0 Å². The van der Waals surface area contributed by atoms with Crippen LogP contribution in [0, 0.1) is 5.92 Å². The molecule has 2 saturated heterocycles. The van der Waals surface area contributed by atoms with E-state index in [2.05, 4.69) is 17.3 Å². The van der Waals surface area contributed by atoms with E-state index in [1.54, 1.807) is 0 Å². The molecule has 3 N–H and O–H groups in total. The maximum atomic E-state index is 11.6. The first-order valence-corrected chi connectivity index (χ1v) is 5.64. The first kappa shape index (κ1) is 10.7. The maximum Gasteiger partial charge on any atom is 0.317 e. The minimum atomic E-state index is 0.0556. The van der Waals surface area contributed by atoms with Crippen LogP contribution in [0.3, 0.4) is 0 Å². The summed E-state index contributed by atoms with van der Waals surface area (Å²) in [4.78, 5) is 15.7. The van der Waals surface area contributed by atoms with Gasteiger partial charge in [-0.2, -0.15) is 0 Å². The van der Waals surface area contributed by atoms with E-state index in [1.165, 1.54) is 6.42 Å². The fourth-order valence-corrected chi connectivity index (χ4v) is 2.53. The highest BCUT2D eigenvalue weighted by atomic mass is 16.2. The number of hydrogen-bond acceptors (Lipinski definition) is 3. The Balaban J connectivity index is 1.88. The molecule has 2 atom stereocenters. The molecule has 2 heterocycles. The Bertz CT molecular complexity index is 246. The van der Waals surface area contributed by atoms with Gasteiger partial charge in [0.15, 0.2) is 0 Å². The molecule has 0 saturated carbocycles. The highest BCUT2D eigenvalue weighted by Crippen LogP contribution is 2.21. The Labute approximate surface area is 90.6 Å². The molecule has 0 aliphatic carbocycles. The van der Waals surface area contributed by atoms with E-state index in [1.807, 2.05) is 4.90 Å². The fraction of sp³-hybridized carbons (Fsp3) is 0.900. The van der Waals surface area contributed by atoms with Gasteiger partial charge in [-0.25, -0.2) is 4.79 Å². The lowest BCUT2D eigenvalue weighted by Crippen LogP contribution is -2.35. The quantitative estimate of drug-likeness (QED) is 0.650. The number of urea groups is 1. The zero-order chi connectivity index (χ0) is 10.8. The molecule has 0 bridgehead atoms. The molecular formula is C10H20N4O. The molecule has 2 aliphatic heterocycles. The van der Waals surface area contributed by atoms with Crippen LogP contribution in [0.25, 0.3) is 0 Å². The third-order valence-electron chi connectivity index (χ3n) is 3.41. The van der Waals surface area contributed by atoms with Gasteiger partial charge in [0.2, 0.25) is 0 Å². The van der Waals surface area contributed by atoms with Crippen LogP contribution in [0.5, 0.6) is 0 Å². The molecule has 0 aromatic heterocycles. The van der Waals surface area contributed by atoms with E-state index >= 15 is 0 Å². The summed E-state index contributed by atoms with van der Waals surface area (Å²) in [7, 11) is 2.13. The number of likely N-dealkylation sites (tertiary alicyclic amines) is 1. The Morgan fingerprint density at radius 2 is 2.33 bits per heavy atom. The molecule has 0 spiro atoms. The average molecular weight is 212 g/mol. The average Bonchev–Trinajstić information content (AvgIpc) is 2.75. The molecular weight excluding hydrogens is 192 g/mol. The number of nitrogens with two attached hydrogens (primary N) is 1. The van der Waals surface area contributed by atoms with E-state index in [4.69, 9.17) is 5.73 Å². The normalized spacial score (nSPS) is 32.4. The molecule has 2 rings (SSSR count). The maximum absolute atomic E-state index is 11.6. The fourth-order valence-electron chi connectivity index (χ4n) is 2.53. The molecule has 15 heavy (non-hydrogen) atoms. The van der Waals surface area contributed by atoms with Crippen molar-refractivity contribution in [3.8, 4) is 0 Å². The lowest BCUT2D eigenvalue weighted by molar-refractivity contribution is 0.218. The second-order valence-corrected chi connectivity index (χ2v) is 4.60. The van der Waals surface area contributed by atoms with Crippen LogP contribution >= 0.6 is 0 Å². The van der Waals surface area contributed by atoms with Crippen molar-refractivity contribution in [3.05, 3.63) is 0 Å². The number of nitrogens with zero attached hydrogens (tertiary/aromatic N) is 2. The van der Waals surface area contributed by atoms with Crippen molar-refractivity contribution in [2.45, 2.75) is 12.5 Å². The van der Waals surface area contributed by atoms with Crippen molar-refractivity contribution in [2.24, 2.45) is 11.7 Å². The predicted octanol–water partition coefficient (Wildman–Crippen LogP) is -0.709. The summed E-state index contributed by atoms with van der Waals surface area (Å²) in [5.74, 6) is 0.613. The summed E-state index contributed by atoms with van der Waals surface area (Å²) in [6.07, 6.45) is 1.19. The van der Waals surface area contributed by atoms with Gasteiger partial charge in [0, 0.05) is 26.2 Å². The van der Waals surface area contributed by atoms with Crippen LogP contribution in [-0.2, 0) is 0 Å². The van der Waals surface area contributed by atoms with E-state index in [9.17, 15) is 4.79 Å². The van der Waals surface area contributed by atoms with Crippen LogP contribution in [-0.4, -0.2) is 61.6 Å². The second kappa shape index (κ2) is 4.37. The highest BCUT2D eigenvalue weighted by molar-refractivity contribution is 5.76. The summed E-state index contributed by atoms with van der Waals surface area (Å²) in [5.41, 5.74) is 5.46. The summed E-state index contributed by atoms with van der Waals surface area (Å²) >= 11 is 0. The van der Waals surface area contributed by atoms with Gasteiger partial charge in [0.25, 0.3) is 0 Å². The Morgan fingerprint density at radius 1 is 1.53 bits per heavy atom. The molecule has 86 valence electrons. The van der Waals surface area contributed by atoms with Crippen molar-refractivity contribution in [3.63, 3.8) is 0 Å². The molecule has 5 nitrogen and oxygen atoms in total. The number of amides is 2. The lowest BCUT2D eigenvalue weighted by Gasteiger charge is -2.18. The Hall–Kier alpha value is -0.810. The van der Waals surface area contributed by atoms with Crippen LogP contribution in [0.1, 0.15) is 6.42 Å². The molecule has 2 unspecified atom stereocenters. The van der Waals surface area contributed by atoms with Crippen LogP contribution in [0.15, 0.2) is 0 Å². The second-order valence-electron chi connectivity index (χ2n) is 4.60. The molecule has 0 radical (unpaired) electrons. The van der Waals surface area contributed by atoms with Crippen molar-refractivity contribution in [2.75, 3.05) is 39.8 Å². The number of carbonyl (C=O) groups excluding carboxylic acids is 1. The van der Waals surface area contributed by atoms with E-state index in [-0.39, 0.29) is 6.03 Å². The van der Waals surface area contributed by atoms with Crippen molar-refractivity contribution in [1.82, 2.24) is 15.1 Å². The van der Waals surface area contributed by atoms with Gasteiger partial charge in [-0.3, -0.25) is 0 Å². The van der Waals surface area contributed by atoms with Gasteiger partial charge in [-0.05, 0) is 25.9 Å². The molecule has 0 aromatic rings. The van der Waals surface area contributed by atoms with Crippen LogP contribution in [0.4, 0.5) is 4.79 Å². The molecule has 2 aliphatic rings. The number of nitrogens with one attached hydrogen (secondary N) is 1. The van der Waals surface area contributed by atoms with Crippen LogP contribution in [0.2, 0.25) is 0 Å². The standard InChI is InChI=1S/C10H20N4O/c1-13-4-2-8(6-13)9-7-14(5-3-11)10(15)12-9/h8-9H,2-7,11H2,1H3,(H,12,15). The topological polar surface area (TPSA) is 61.6 Å². The van der Waals surface area contributed by atoms with Crippen molar-refractivity contribution >= 4 is 6.03 Å². The first-order valence-electron chi connectivity index (χ1n) is 5.64. The number of hydrogen-bond donors (Lipinski definition) is 2. The van der Waals surface area contributed by atoms with E-state index < -0.39 is 0 Å². The van der Waals surface area contributed by atoms with E-state index in [0.29, 0.717) is 25.0 Å². The largest absolute Gasteiger partial charge is 0.333 e. The predicted molar refractivity (Wildman–Crippen MR) is 58.6 cm³/mol. The smallest absolute Gasteiger partial charge is 0.317 e. The SMILES string of the molecule is CN1CCC(C2CN(CCN)C(=O)N2)C1. The Kier molecular flexibility index (Phi) is 3.11. The van der Waals surface area contributed by atoms with Crippen LogP contribution < -0.4 is 11.1 Å². The first-order chi connectivity index (χ1) is 7.20. The highest BCUT2D eigenvalue weighted by Gasteiger charge is 2.36. The molecule has 2 amide bonds. The number of rotatable bonds is 3. The van der Waals surface area contributed by atoms with Gasteiger partial charge >= 0.3 is 6.03 Å². The summed E-state index contributed by atoms with van der Waals surface area (Å²) in [6, 6.07) is 0.383. The van der Waals surface area contributed by atoms with E-state index in [0.717, 1.165) is 19.6 Å². The van der Waals surface area contributed by atoms with Gasteiger partial charge in [-0.1, -0.05) is 0 Å². The van der Waals surface area contributed by atoms with Gasteiger partial charge in [0.1, 0.15) is 0 Å². The monoisotopic (exact) mass is 212 g/mol. The zero-order valence-electron chi connectivity index (χ0n) is 9.28. The molecule has 5 heteroatoms. The molecule has 0 aromatic carbocycles. The third-order valence-corrected chi connectivity index (χ3v) is 3.41. The van der Waals surface area contributed by atoms with Crippen molar-refractivity contribution in [1.29, 1.82) is 0 Å². The molecule has 2 fully saturated rings. The van der Waals surface area contributed by atoms with Crippen molar-refractivity contribution < 1.29 is 4.79 Å². The number of carbonyl (C=O) groups is 1. The minimum absolute atomic E-state index is 0.0556. The van der Waals surface area contributed by atoms with Gasteiger partial charge in [0.05, 0.1) is 6.04 Å². The third kappa shape index (κ3) is 2.23. The summed E-state index contributed by atoms with van der Waals surface area (Å²) in [5, 5.41) is 3.06. The summed E-state index contributed by atoms with van der Waals surface area (Å²) in [6.45, 7) is 4.29. The zero-order valence-corrected chi connectivity index (χ0v) is 9.28.